The van der Waals surface area contributed by atoms with Crippen LogP contribution in [0.15, 0.2) is 67.0 Å². The zero-order chi connectivity index (χ0) is 19.5. The minimum absolute atomic E-state index is 0.0364. The van der Waals surface area contributed by atoms with Crippen molar-refractivity contribution in [1.29, 1.82) is 0 Å². The summed E-state index contributed by atoms with van der Waals surface area (Å²) in [7, 11) is 0. The first-order valence-corrected chi connectivity index (χ1v) is 9.31. The maximum Gasteiger partial charge on any atom is 0.227 e. The summed E-state index contributed by atoms with van der Waals surface area (Å²) in [6, 6.07) is 16.2. The summed E-state index contributed by atoms with van der Waals surface area (Å²) in [6.45, 7) is 2.79. The van der Waals surface area contributed by atoms with Crippen molar-refractivity contribution in [1.82, 2.24) is 9.88 Å². The summed E-state index contributed by atoms with van der Waals surface area (Å²) < 4.78 is 19.9. The molecule has 1 aliphatic rings. The van der Waals surface area contributed by atoms with Crippen molar-refractivity contribution in [3.8, 4) is 16.9 Å². The van der Waals surface area contributed by atoms with Crippen LogP contribution in [0.3, 0.4) is 0 Å². The number of halogens is 1. The fraction of sp³-hybridized carbons (Fsp3) is 0.217. The third-order valence-corrected chi connectivity index (χ3v) is 5.03. The molecule has 0 N–H and O–H groups in total. The number of ether oxygens (including phenoxy) is 1. The highest BCUT2D eigenvalue weighted by Crippen LogP contribution is 2.30. The average molecular weight is 376 g/mol. The molecular formula is C23H21FN2O2. The zero-order valence-corrected chi connectivity index (χ0v) is 15.6. The minimum Gasteiger partial charge on any atom is -0.491 e. The van der Waals surface area contributed by atoms with Crippen molar-refractivity contribution in [3.63, 3.8) is 0 Å². The molecule has 0 fully saturated rings. The molecule has 2 aromatic carbocycles. The molecule has 0 aliphatic carbocycles. The van der Waals surface area contributed by atoms with Crippen molar-refractivity contribution in [2.45, 2.75) is 25.9 Å². The molecule has 3 aromatic rings. The highest BCUT2D eigenvalue weighted by molar-refractivity contribution is 5.79. The lowest BCUT2D eigenvalue weighted by Gasteiger charge is -2.26. The van der Waals surface area contributed by atoms with E-state index in [-0.39, 0.29) is 24.2 Å². The SMILES string of the molecule is C[C@H]1COc2ccc(-c3cccnc3)cc2CN1C(=O)Cc1ccccc1F. The van der Waals surface area contributed by atoms with Crippen molar-refractivity contribution in [3.05, 3.63) is 83.9 Å². The van der Waals surface area contributed by atoms with Gasteiger partial charge in [0.15, 0.2) is 0 Å². The molecule has 1 atom stereocenters. The van der Waals surface area contributed by atoms with Crippen LogP contribution in [0.5, 0.6) is 5.75 Å². The van der Waals surface area contributed by atoms with Crippen LogP contribution in [0, 0.1) is 5.82 Å². The van der Waals surface area contributed by atoms with Crippen LogP contribution in [-0.4, -0.2) is 28.4 Å². The molecule has 28 heavy (non-hydrogen) atoms. The van der Waals surface area contributed by atoms with E-state index in [0.717, 1.165) is 22.4 Å². The van der Waals surface area contributed by atoms with E-state index in [0.29, 0.717) is 18.7 Å². The Labute approximate surface area is 163 Å². The van der Waals surface area contributed by atoms with Gasteiger partial charge in [-0.1, -0.05) is 30.3 Å². The lowest BCUT2D eigenvalue weighted by atomic mass is 10.0. The fourth-order valence-electron chi connectivity index (χ4n) is 3.44. The van der Waals surface area contributed by atoms with Crippen molar-refractivity contribution >= 4 is 5.91 Å². The van der Waals surface area contributed by atoms with Gasteiger partial charge in [-0.15, -0.1) is 0 Å². The van der Waals surface area contributed by atoms with Crippen molar-refractivity contribution in [2.75, 3.05) is 6.61 Å². The van der Waals surface area contributed by atoms with Crippen LogP contribution >= 0.6 is 0 Å². The smallest absolute Gasteiger partial charge is 0.227 e. The Bertz CT molecular complexity index is 991. The Kier molecular flexibility index (Phi) is 5.06. The van der Waals surface area contributed by atoms with E-state index in [2.05, 4.69) is 4.98 Å². The fourth-order valence-corrected chi connectivity index (χ4v) is 3.44. The molecule has 1 aromatic heterocycles. The summed E-state index contributed by atoms with van der Waals surface area (Å²) in [5.41, 5.74) is 3.38. The molecule has 0 spiro atoms. The average Bonchev–Trinajstić information content (AvgIpc) is 2.89. The van der Waals surface area contributed by atoms with Gasteiger partial charge in [0.2, 0.25) is 5.91 Å². The van der Waals surface area contributed by atoms with Crippen LogP contribution in [0.4, 0.5) is 4.39 Å². The van der Waals surface area contributed by atoms with Crippen LogP contribution in [0.2, 0.25) is 0 Å². The highest BCUT2D eigenvalue weighted by Gasteiger charge is 2.26. The Morgan fingerprint density at radius 2 is 2.04 bits per heavy atom. The topological polar surface area (TPSA) is 42.4 Å². The van der Waals surface area contributed by atoms with Crippen LogP contribution in [0.25, 0.3) is 11.1 Å². The third kappa shape index (κ3) is 3.74. The summed E-state index contributed by atoms with van der Waals surface area (Å²) in [5, 5.41) is 0. The Morgan fingerprint density at radius 3 is 2.82 bits per heavy atom. The lowest BCUT2D eigenvalue weighted by molar-refractivity contribution is -0.133. The quantitative estimate of drug-likeness (QED) is 0.687. The highest BCUT2D eigenvalue weighted by atomic mass is 19.1. The molecule has 1 amide bonds. The van der Waals surface area contributed by atoms with E-state index in [9.17, 15) is 9.18 Å². The van der Waals surface area contributed by atoms with Crippen molar-refractivity contribution in [2.24, 2.45) is 0 Å². The second-order valence-corrected chi connectivity index (χ2v) is 7.01. The van der Waals surface area contributed by atoms with Gasteiger partial charge in [-0.3, -0.25) is 9.78 Å². The van der Waals surface area contributed by atoms with Gasteiger partial charge in [-0.05, 0) is 42.3 Å². The van der Waals surface area contributed by atoms with E-state index < -0.39 is 0 Å². The first-order valence-electron chi connectivity index (χ1n) is 9.31. The molecule has 2 heterocycles. The molecule has 4 nitrogen and oxygen atoms in total. The molecule has 142 valence electrons. The van der Waals surface area contributed by atoms with Gasteiger partial charge in [0.25, 0.3) is 0 Å². The summed E-state index contributed by atoms with van der Waals surface area (Å²) >= 11 is 0. The largest absolute Gasteiger partial charge is 0.491 e. The number of hydrogen-bond donors (Lipinski definition) is 0. The molecular weight excluding hydrogens is 355 g/mol. The van der Waals surface area contributed by atoms with E-state index in [4.69, 9.17) is 4.74 Å². The number of amides is 1. The van der Waals surface area contributed by atoms with Gasteiger partial charge < -0.3 is 9.64 Å². The van der Waals surface area contributed by atoms with Crippen LogP contribution in [0.1, 0.15) is 18.1 Å². The lowest BCUT2D eigenvalue weighted by Crippen LogP contribution is -2.40. The predicted octanol–water partition coefficient (Wildman–Crippen LogP) is 4.24. The van der Waals surface area contributed by atoms with Gasteiger partial charge in [-0.2, -0.15) is 0 Å². The maximum atomic E-state index is 14.0. The number of nitrogens with zero attached hydrogens (tertiary/aromatic N) is 2. The number of hydrogen-bond acceptors (Lipinski definition) is 3. The number of pyridine rings is 1. The van der Waals surface area contributed by atoms with E-state index in [1.807, 2.05) is 43.5 Å². The predicted molar refractivity (Wildman–Crippen MR) is 105 cm³/mol. The number of carbonyl (C=O) groups excluding carboxylic acids is 1. The molecule has 0 saturated heterocycles. The van der Waals surface area contributed by atoms with Crippen molar-refractivity contribution < 1.29 is 13.9 Å². The Balaban J connectivity index is 1.61. The number of rotatable bonds is 3. The number of benzene rings is 2. The number of fused-ring (bicyclic) bond motifs is 1. The van der Waals surface area contributed by atoms with E-state index in [1.165, 1.54) is 6.07 Å². The summed E-state index contributed by atoms with van der Waals surface area (Å²) in [4.78, 5) is 18.9. The first-order chi connectivity index (χ1) is 13.6. The van der Waals surface area contributed by atoms with Gasteiger partial charge in [0.05, 0.1) is 12.5 Å². The molecule has 0 radical (unpaired) electrons. The summed E-state index contributed by atoms with van der Waals surface area (Å²) in [6.07, 6.45) is 3.58. The third-order valence-electron chi connectivity index (χ3n) is 5.03. The molecule has 0 unspecified atom stereocenters. The number of aromatic nitrogens is 1. The molecule has 5 heteroatoms. The maximum absolute atomic E-state index is 14.0. The Hall–Kier alpha value is -3.21. The van der Waals surface area contributed by atoms with Gasteiger partial charge >= 0.3 is 0 Å². The van der Waals surface area contributed by atoms with Crippen LogP contribution in [-0.2, 0) is 17.8 Å². The first kappa shape index (κ1) is 18.2. The molecule has 4 rings (SSSR count). The second kappa shape index (κ2) is 7.80. The van der Waals surface area contributed by atoms with Gasteiger partial charge in [0, 0.05) is 30.1 Å². The second-order valence-electron chi connectivity index (χ2n) is 7.01. The van der Waals surface area contributed by atoms with Gasteiger partial charge in [-0.25, -0.2) is 4.39 Å². The Morgan fingerprint density at radius 1 is 1.18 bits per heavy atom. The van der Waals surface area contributed by atoms with Gasteiger partial charge in [0.1, 0.15) is 18.2 Å². The van der Waals surface area contributed by atoms with E-state index >= 15 is 0 Å². The number of carbonyl (C=O) groups is 1. The normalized spacial score (nSPS) is 16.1. The minimum atomic E-state index is -0.353. The standard InChI is InChI=1S/C23H21FN2O2/c1-16-15-28-22-9-8-17(19-6-4-10-25-13-19)11-20(22)14-26(16)23(27)12-18-5-2-3-7-21(18)24/h2-11,13,16H,12,14-15H2,1H3/t16-/m0/s1. The van der Waals surface area contributed by atoms with E-state index in [1.54, 1.807) is 29.3 Å². The summed E-state index contributed by atoms with van der Waals surface area (Å²) in [5.74, 6) is 0.315. The molecule has 0 saturated carbocycles. The monoisotopic (exact) mass is 376 g/mol. The molecule has 1 aliphatic heterocycles. The molecule has 0 bridgehead atoms. The van der Waals surface area contributed by atoms with Crippen LogP contribution < -0.4 is 4.74 Å². The zero-order valence-electron chi connectivity index (χ0n) is 15.6.